The molecular weight excluding hydrogens is 593 g/mol. The molecule has 0 saturated heterocycles. The quantitative estimate of drug-likeness (QED) is 0.193. The summed E-state index contributed by atoms with van der Waals surface area (Å²) in [5, 5.41) is 5.73. The van der Waals surface area contributed by atoms with Gasteiger partial charge in [0.05, 0.1) is 10.2 Å². The molecule has 0 atom stereocenters. The molecular formula is C42H26N4S. The van der Waals surface area contributed by atoms with Gasteiger partial charge in [0, 0.05) is 27.6 Å². The molecule has 47 heavy (non-hydrogen) atoms. The number of hydrogen-bond acceptors (Lipinski definition) is 5. The highest BCUT2D eigenvalue weighted by molar-refractivity contribution is 7.22. The lowest BCUT2D eigenvalue weighted by Gasteiger charge is -2.14. The van der Waals surface area contributed by atoms with Crippen molar-refractivity contribution < 1.29 is 0 Å². The van der Waals surface area contributed by atoms with Crippen LogP contribution in [-0.4, -0.2) is 19.9 Å². The van der Waals surface area contributed by atoms with Crippen LogP contribution in [0.1, 0.15) is 0 Å². The fourth-order valence-corrected chi connectivity index (χ4v) is 7.38. The van der Waals surface area contributed by atoms with E-state index in [0.717, 1.165) is 49.3 Å². The Kier molecular flexibility index (Phi) is 6.61. The van der Waals surface area contributed by atoms with Gasteiger partial charge in [-0.25, -0.2) is 19.9 Å². The summed E-state index contributed by atoms with van der Waals surface area (Å²) in [4.78, 5) is 20.0. The molecule has 5 heteroatoms. The molecule has 4 nitrogen and oxygen atoms in total. The second-order valence-electron chi connectivity index (χ2n) is 11.5. The van der Waals surface area contributed by atoms with Gasteiger partial charge in [0.25, 0.3) is 0 Å². The highest BCUT2D eigenvalue weighted by atomic mass is 32.1. The second-order valence-corrected chi connectivity index (χ2v) is 12.5. The molecule has 0 amide bonds. The van der Waals surface area contributed by atoms with Crippen molar-refractivity contribution in [3.8, 4) is 55.9 Å². The van der Waals surface area contributed by atoms with Crippen LogP contribution in [0.2, 0.25) is 0 Å². The highest BCUT2D eigenvalue weighted by Crippen LogP contribution is 2.41. The molecule has 0 radical (unpaired) electrons. The third-order valence-electron chi connectivity index (χ3n) is 8.54. The lowest BCUT2D eigenvalue weighted by Crippen LogP contribution is -2.00. The molecule has 0 unspecified atom stereocenters. The first-order valence-electron chi connectivity index (χ1n) is 15.6. The van der Waals surface area contributed by atoms with Crippen LogP contribution in [0.4, 0.5) is 0 Å². The Hall–Kier alpha value is -6.04. The smallest absolute Gasteiger partial charge is 0.164 e. The maximum Gasteiger partial charge on any atom is 0.164 e. The van der Waals surface area contributed by atoms with E-state index in [1.807, 2.05) is 66.7 Å². The third kappa shape index (κ3) is 4.94. The normalized spacial score (nSPS) is 11.4. The number of benzene rings is 7. The lowest BCUT2D eigenvalue weighted by atomic mass is 9.92. The van der Waals surface area contributed by atoms with E-state index in [9.17, 15) is 0 Å². The Morgan fingerprint density at radius 3 is 1.62 bits per heavy atom. The van der Waals surface area contributed by atoms with Crippen LogP contribution in [0.5, 0.6) is 0 Å². The molecule has 0 fully saturated rings. The van der Waals surface area contributed by atoms with Crippen LogP contribution in [0.15, 0.2) is 158 Å². The minimum atomic E-state index is 0.641. The molecule has 0 saturated carbocycles. The van der Waals surface area contributed by atoms with Gasteiger partial charge < -0.3 is 0 Å². The Morgan fingerprint density at radius 1 is 0.362 bits per heavy atom. The first kappa shape index (κ1) is 27.3. The molecule has 2 aromatic heterocycles. The summed E-state index contributed by atoms with van der Waals surface area (Å²) in [5.74, 6) is 1.94. The minimum Gasteiger partial charge on any atom is -0.236 e. The van der Waals surface area contributed by atoms with E-state index >= 15 is 0 Å². The molecule has 9 aromatic rings. The zero-order valence-corrected chi connectivity index (χ0v) is 26.0. The van der Waals surface area contributed by atoms with E-state index in [2.05, 4.69) is 91.0 Å². The molecule has 0 bridgehead atoms. The van der Waals surface area contributed by atoms with Gasteiger partial charge in [0.2, 0.25) is 0 Å². The maximum absolute atomic E-state index is 5.05. The largest absolute Gasteiger partial charge is 0.236 e. The molecule has 220 valence electrons. The molecule has 0 spiro atoms. The summed E-state index contributed by atoms with van der Waals surface area (Å²) in [6.45, 7) is 0. The number of thiazole rings is 1. The summed E-state index contributed by atoms with van der Waals surface area (Å²) in [6.07, 6.45) is 0. The van der Waals surface area contributed by atoms with Gasteiger partial charge in [-0.3, -0.25) is 0 Å². The number of rotatable bonds is 5. The van der Waals surface area contributed by atoms with Gasteiger partial charge in [-0.1, -0.05) is 140 Å². The molecule has 0 N–H and O–H groups in total. The molecule has 9 rings (SSSR count). The fraction of sp³-hybridized carbons (Fsp3) is 0. The zero-order valence-electron chi connectivity index (χ0n) is 25.2. The molecule has 7 aromatic carbocycles. The van der Waals surface area contributed by atoms with Crippen molar-refractivity contribution in [3.05, 3.63) is 158 Å². The Balaban J connectivity index is 1.26. The van der Waals surface area contributed by atoms with Crippen molar-refractivity contribution in [2.75, 3.05) is 0 Å². The average molecular weight is 619 g/mol. The number of fused-ring (bicyclic) bond motifs is 4. The van der Waals surface area contributed by atoms with E-state index in [1.54, 1.807) is 11.3 Å². The highest BCUT2D eigenvalue weighted by Gasteiger charge is 2.17. The van der Waals surface area contributed by atoms with Crippen molar-refractivity contribution in [1.29, 1.82) is 0 Å². The number of aromatic nitrogens is 4. The second kappa shape index (κ2) is 11.4. The summed E-state index contributed by atoms with van der Waals surface area (Å²) in [7, 11) is 0. The van der Waals surface area contributed by atoms with E-state index in [1.165, 1.54) is 20.9 Å². The molecule has 0 aliphatic rings. The van der Waals surface area contributed by atoms with Crippen molar-refractivity contribution in [2.45, 2.75) is 0 Å². The van der Waals surface area contributed by atoms with Gasteiger partial charge in [0.15, 0.2) is 17.5 Å². The van der Waals surface area contributed by atoms with E-state index in [4.69, 9.17) is 19.9 Å². The topological polar surface area (TPSA) is 51.6 Å². The Labute approximate surface area is 275 Å². The van der Waals surface area contributed by atoms with Gasteiger partial charge in [-0.2, -0.15) is 0 Å². The van der Waals surface area contributed by atoms with Crippen LogP contribution >= 0.6 is 11.3 Å². The summed E-state index contributed by atoms with van der Waals surface area (Å²) in [5.41, 5.74) is 7.30. The predicted molar refractivity (Wildman–Crippen MR) is 195 cm³/mol. The molecule has 0 aliphatic heterocycles. The van der Waals surface area contributed by atoms with Gasteiger partial charge in [-0.05, 0) is 45.5 Å². The van der Waals surface area contributed by atoms with E-state index < -0.39 is 0 Å². The zero-order chi connectivity index (χ0) is 31.2. The SMILES string of the molecule is c1ccc(-c2nc(-c3ccccc3)nc(-c3cc(-c4cccc5c4ccc4nc(-c6ccccc6)sc45)c4ccccc4c3)n2)cc1. The van der Waals surface area contributed by atoms with Crippen molar-refractivity contribution in [2.24, 2.45) is 0 Å². The standard InChI is InChI=1S/C42H26N4S/c1-4-13-27(14-5-1)39-44-40(28-15-6-2-7-16-28)46-41(45-39)31-25-30-19-10-11-20-32(30)36(26-31)33-21-12-22-35-34(33)23-24-37-38(35)47-42(43-37)29-17-8-3-9-18-29/h1-26H. The number of hydrogen-bond donors (Lipinski definition) is 0. The molecule has 2 heterocycles. The third-order valence-corrected chi connectivity index (χ3v) is 9.70. The van der Waals surface area contributed by atoms with Gasteiger partial charge in [-0.15, -0.1) is 11.3 Å². The summed E-state index contributed by atoms with van der Waals surface area (Å²) < 4.78 is 1.20. The average Bonchev–Trinajstić information content (AvgIpc) is 3.60. The first-order chi connectivity index (χ1) is 23.3. The summed E-state index contributed by atoms with van der Waals surface area (Å²) in [6, 6.07) is 54.6. The minimum absolute atomic E-state index is 0.641. The predicted octanol–water partition coefficient (Wildman–Crippen LogP) is 11.1. The van der Waals surface area contributed by atoms with Crippen LogP contribution in [-0.2, 0) is 0 Å². The maximum atomic E-state index is 5.05. The monoisotopic (exact) mass is 618 g/mol. The van der Waals surface area contributed by atoms with Gasteiger partial charge in [0.1, 0.15) is 5.01 Å². The van der Waals surface area contributed by atoms with E-state index in [-0.39, 0.29) is 0 Å². The Morgan fingerprint density at radius 2 is 0.936 bits per heavy atom. The lowest BCUT2D eigenvalue weighted by molar-refractivity contribution is 1.07. The van der Waals surface area contributed by atoms with Crippen molar-refractivity contribution in [1.82, 2.24) is 19.9 Å². The van der Waals surface area contributed by atoms with Crippen LogP contribution < -0.4 is 0 Å². The van der Waals surface area contributed by atoms with Crippen LogP contribution in [0.25, 0.3) is 87.6 Å². The first-order valence-corrected chi connectivity index (χ1v) is 16.4. The van der Waals surface area contributed by atoms with Gasteiger partial charge >= 0.3 is 0 Å². The fourth-order valence-electron chi connectivity index (χ4n) is 6.28. The van der Waals surface area contributed by atoms with Crippen molar-refractivity contribution in [3.63, 3.8) is 0 Å². The van der Waals surface area contributed by atoms with Crippen molar-refractivity contribution >= 4 is 43.1 Å². The summed E-state index contributed by atoms with van der Waals surface area (Å²) >= 11 is 1.75. The van der Waals surface area contributed by atoms with Crippen LogP contribution in [0.3, 0.4) is 0 Å². The Bertz CT molecular complexity index is 2500. The number of nitrogens with zero attached hydrogens (tertiary/aromatic N) is 4. The van der Waals surface area contributed by atoms with Crippen LogP contribution in [0, 0.1) is 0 Å². The van der Waals surface area contributed by atoms with E-state index in [0.29, 0.717) is 17.5 Å². The molecule has 0 aliphatic carbocycles.